The van der Waals surface area contributed by atoms with Gasteiger partial charge in [-0.25, -0.2) is 0 Å². The van der Waals surface area contributed by atoms with Crippen LogP contribution in [0.4, 0.5) is 0 Å². The first-order valence-electron chi connectivity index (χ1n) is 8.74. The Morgan fingerprint density at radius 3 is 2.42 bits per heavy atom. The molecule has 8 heteroatoms. The highest BCUT2D eigenvalue weighted by atomic mass is 16.5. The maximum atomic E-state index is 12.4. The number of carbonyl (C=O) groups excluding carboxylic acids is 1. The number of carbonyl (C=O) groups is 1. The van der Waals surface area contributed by atoms with E-state index >= 15 is 0 Å². The Morgan fingerprint density at radius 1 is 1.08 bits per heavy atom. The average molecular weight is 337 g/mol. The van der Waals surface area contributed by atoms with E-state index in [2.05, 4.69) is 19.9 Å². The lowest BCUT2D eigenvalue weighted by molar-refractivity contribution is -0.135. The molecule has 134 valence electrons. The minimum atomic E-state index is 0.221. The van der Waals surface area contributed by atoms with Crippen molar-refractivity contribution in [2.24, 2.45) is 0 Å². The van der Waals surface area contributed by atoms with E-state index in [1.807, 2.05) is 18.7 Å². The quantitative estimate of drug-likeness (QED) is 0.758. The number of hydrogen-bond acceptors (Lipinski definition) is 7. The topological polar surface area (TPSA) is 74.9 Å². The summed E-state index contributed by atoms with van der Waals surface area (Å²) in [7, 11) is 0. The molecule has 2 aliphatic heterocycles. The zero-order chi connectivity index (χ0) is 16.9. The second-order valence-electron chi connectivity index (χ2n) is 6.75. The van der Waals surface area contributed by atoms with Crippen LogP contribution in [-0.2, 0) is 16.1 Å². The first-order valence-corrected chi connectivity index (χ1v) is 8.74. The molecule has 2 aliphatic rings. The van der Waals surface area contributed by atoms with E-state index in [1.54, 1.807) is 0 Å². The van der Waals surface area contributed by atoms with Gasteiger partial charge in [-0.05, 0) is 0 Å². The molecule has 0 N–H and O–H groups in total. The lowest BCUT2D eigenvalue weighted by atomic mass is 10.2. The Hall–Kier alpha value is -1.51. The fourth-order valence-electron chi connectivity index (χ4n) is 2.97. The van der Waals surface area contributed by atoms with E-state index in [1.165, 1.54) is 0 Å². The van der Waals surface area contributed by atoms with Crippen molar-refractivity contribution >= 4 is 5.91 Å². The van der Waals surface area contributed by atoms with Gasteiger partial charge in [0.05, 0.1) is 26.3 Å². The van der Waals surface area contributed by atoms with Crippen LogP contribution in [0.15, 0.2) is 4.52 Å². The minimum Gasteiger partial charge on any atom is -0.379 e. The van der Waals surface area contributed by atoms with Crippen LogP contribution in [0, 0.1) is 0 Å². The van der Waals surface area contributed by atoms with Gasteiger partial charge in [0.2, 0.25) is 11.8 Å². The fourth-order valence-corrected chi connectivity index (χ4v) is 2.97. The molecule has 2 fully saturated rings. The molecular formula is C16H27N5O3. The lowest BCUT2D eigenvalue weighted by Crippen LogP contribution is -2.52. The third-order valence-corrected chi connectivity index (χ3v) is 4.53. The Morgan fingerprint density at radius 2 is 1.79 bits per heavy atom. The smallest absolute Gasteiger partial charge is 0.236 e. The lowest BCUT2D eigenvalue weighted by Gasteiger charge is -2.35. The van der Waals surface area contributed by atoms with Crippen LogP contribution >= 0.6 is 0 Å². The van der Waals surface area contributed by atoms with E-state index in [9.17, 15) is 4.79 Å². The first-order chi connectivity index (χ1) is 11.6. The van der Waals surface area contributed by atoms with Crippen LogP contribution in [0.25, 0.3) is 0 Å². The van der Waals surface area contributed by atoms with Gasteiger partial charge < -0.3 is 14.2 Å². The molecule has 3 heterocycles. The Bertz CT molecular complexity index is 534. The number of rotatable bonds is 5. The Labute approximate surface area is 142 Å². The predicted molar refractivity (Wildman–Crippen MR) is 87.5 cm³/mol. The summed E-state index contributed by atoms with van der Waals surface area (Å²) in [5.74, 6) is 1.88. The van der Waals surface area contributed by atoms with Crippen LogP contribution < -0.4 is 0 Å². The summed E-state index contributed by atoms with van der Waals surface area (Å²) < 4.78 is 10.6. The molecule has 3 rings (SSSR count). The number of aromatic nitrogens is 2. The maximum absolute atomic E-state index is 12.4. The van der Waals surface area contributed by atoms with Gasteiger partial charge >= 0.3 is 0 Å². The van der Waals surface area contributed by atoms with Crippen molar-refractivity contribution in [2.45, 2.75) is 26.3 Å². The molecule has 0 aliphatic carbocycles. The highest BCUT2D eigenvalue weighted by molar-refractivity contribution is 5.78. The third kappa shape index (κ3) is 4.52. The van der Waals surface area contributed by atoms with Crippen molar-refractivity contribution in [1.82, 2.24) is 24.8 Å². The van der Waals surface area contributed by atoms with E-state index in [0.717, 1.165) is 58.3 Å². The van der Waals surface area contributed by atoms with Crippen LogP contribution in [0.3, 0.4) is 0 Å². The van der Waals surface area contributed by atoms with Crippen molar-refractivity contribution in [1.29, 1.82) is 0 Å². The number of ether oxygens (including phenoxy) is 1. The Balaban J connectivity index is 1.42. The molecule has 0 unspecified atom stereocenters. The highest BCUT2D eigenvalue weighted by Crippen LogP contribution is 2.13. The second kappa shape index (κ2) is 8.04. The average Bonchev–Trinajstić information content (AvgIpc) is 3.05. The van der Waals surface area contributed by atoms with Gasteiger partial charge in [0, 0.05) is 45.2 Å². The molecular weight excluding hydrogens is 310 g/mol. The number of hydrogen-bond donors (Lipinski definition) is 0. The summed E-state index contributed by atoms with van der Waals surface area (Å²) in [6.45, 7) is 11.6. The molecule has 8 nitrogen and oxygen atoms in total. The van der Waals surface area contributed by atoms with Crippen molar-refractivity contribution < 1.29 is 14.1 Å². The van der Waals surface area contributed by atoms with E-state index in [-0.39, 0.29) is 11.8 Å². The van der Waals surface area contributed by atoms with Crippen LogP contribution in [0.1, 0.15) is 31.5 Å². The first kappa shape index (κ1) is 17.3. The van der Waals surface area contributed by atoms with Crippen molar-refractivity contribution in [3.8, 4) is 0 Å². The molecule has 0 atom stereocenters. The van der Waals surface area contributed by atoms with E-state index < -0.39 is 0 Å². The minimum absolute atomic E-state index is 0.221. The molecule has 1 amide bonds. The fraction of sp³-hybridized carbons (Fsp3) is 0.812. The molecule has 2 saturated heterocycles. The summed E-state index contributed by atoms with van der Waals surface area (Å²) in [5, 5.41) is 4.04. The number of morpholine rings is 1. The largest absolute Gasteiger partial charge is 0.379 e. The number of amides is 1. The van der Waals surface area contributed by atoms with Crippen LogP contribution in [-0.4, -0.2) is 89.8 Å². The summed E-state index contributed by atoms with van der Waals surface area (Å²) in [4.78, 5) is 23.2. The normalized spacial score (nSPS) is 20.7. The summed E-state index contributed by atoms with van der Waals surface area (Å²) in [6.07, 6.45) is 0. The number of nitrogens with zero attached hydrogens (tertiary/aromatic N) is 5. The standard InChI is InChI=1S/C16H27N5O3/c1-13(2)16-17-14(18-24-16)11-19-3-5-21(6-4-19)15(22)12-20-7-9-23-10-8-20/h13H,3-12H2,1-2H3. The molecule has 24 heavy (non-hydrogen) atoms. The molecule has 1 aromatic rings. The van der Waals surface area contributed by atoms with Gasteiger partial charge in [-0.15, -0.1) is 0 Å². The van der Waals surface area contributed by atoms with Gasteiger partial charge in [0.1, 0.15) is 0 Å². The molecule has 0 radical (unpaired) electrons. The van der Waals surface area contributed by atoms with Gasteiger partial charge in [0.25, 0.3) is 0 Å². The SMILES string of the molecule is CC(C)c1nc(CN2CCN(C(=O)CN3CCOCC3)CC2)no1. The van der Waals surface area contributed by atoms with Crippen molar-refractivity contribution in [3.05, 3.63) is 11.7 Å². The van der Waals surface area contributed by atoms with Crippen molar-refractivity contribution in [3.63, 3.8) is 0 Å². The van der Waals surface area contributed by atoms with Gasteiger partial charge in [-0.1, -0.05) is 19.0 Å². The molecule has 0 aromatic carbocycles. The predicted octanol–water partition coefficient (Wildman–Crippen LogP) is 0.169. The second-order valence-corrected chi connectivity index (χ2v) is 6.75. The molecule has 1 aromatic heterocycles. The van der Waals surface area contributed by atoms with Crippen LogP contribution in [0.5, 0.6) is 0 Å². The maximum Gasteiger partial charge on any atom is 0.236 e. The summed E-state index contributed by atoms with van der Waals surface area (Å²) in [6, 6.07) is 0. The highest BCUT2D eigenvalue weighted by Gasteiger charge is 2.24. The van der Waals surface area contributed by atoms with Gasteiger partial charge in [-0.2, -0.15) is 4.98 Å². The molecule has 0 saturated carbocycles. The van der Waals surface area contributed by atoms with Crippen LogP contribution in [0.2, 0.25) is 0 Å². The zero-order valence-electron chi connectivity index (χ0n) is 14.6. The third-order valence-electron chi connectivity index (χ3n) is 4.53. The molecule has 0 spiro atoms. The monoisotopic (exact) mass is 337 g/mol. The number of piperazine rings is 1. The summed E-state index contributed by atoms with van der Waals surface area (Å²) in [5.41, 5.74) is 0. The summed E-state index contributed by atoms with van der Waals surface area (Å²) >= 11 is 0. The van der Waals surface area contributed by atoms with Gasteiger partial charge in [-0.3, -0.25) is 14.6 Å². The molecule has 0 bridgehead atoms. The van der Waals surface area contributed by atoms with E-state index in [4.69, 9.17) is 9.26 Å². The zero-order valence-corrected chi connectivity index (χ0v) is 14.6. The van der Waals surface area contributed by atoms with Crippen molar-refractivity contribution in [2.75, 3.05) is 59.0 Å². The van der Waals surface area contributed by atoms with Gasteiger partial charge in [0.15, 0.2) is 5.82 Å². The Kier molecular flexibility index (Phi) is 5.80. The van der Waals surface area contributed by atoms with E-state index in [0.29, 0.717) is 19.0 Å².